The van der Waals surface area contributed by atoms with Crippen molar-refractivity contribution in [1.29, 1.82) is 0 Å². The highest BCUT2D eigenvalue weighted by Gasteiger charge is 2.16. The third-order valence-corrected chi connectivity index (χ3v) is 5.10. The molecule has 0 aliphatic carbocycles. The average molecular weight is 388 g/mol. The fraction of sp³-hybridized carbons (Fsp3) is 0. The van der Waals surface area contributed by atoms with Gasteiger partial charge in [-0.1, -0.05) is 59.6 Å². The molecule has 0 fully saturated rings. The highest BCUT2D eigenvalue weighted by Crippen LogP contribution is 2.36. The Kier molecular flexibility index (Phi) is 4.21. The maximum absolute atomic E-state index is 10.3. The molecule has 7 heteroatoms. The molecule has 0 saturated heterocycles. The zero-order valence-corrected chi connectivity index (χ0v) is 15.1. The number of rotatable bonds is 3. The first-order valence-electron chi connectivity index (χ1n) is 7.38. The fourth-order valence-corrected chi connectivity index (χ4v) is 3.84. The van der Waals surface area contributed by atoms with Gasteiger partial charge in [0.2, 0.25) is 11.0 Å². The van der Waals surface area contributed by atoms with Gasteiger partial charge in [-0.2, -0.15) is 9.78 Å². The molecule has 0 radical (unpaired) electrons. The predicted molar refractivity (Wildman–Crippen MR) is 102 cm³/mol. The van der Waals surface area contributed by atoms with Crippen LogP contribution in [0.5, 0.6) is 5.88 Å². The second-order valence-corrected chi connectivity index (χ2v) is 6.93. The fourth-order valence-electron chi connectivity index (χ4n) is 2.48. The number of aromatic hydroxyl groups is 1. The van der Waals surface area contributed by atoms with Crippen LogP contribution in [0.2, 0.25) is 10.0 Å². The molecule has 2 heterocycles. The predicted octanol–water partition coefficient (Wildman–Crippen LogP) is 5.68. The maximum atomic E-state index is 10.3. The first-order chi connectivity index (χ1) is 12.1. The van der Waals surface area contributed by atoms with Gasteiger partial charge in [-0.05, 0) is 12.1 Å². The molecule has 4 nitrogen and oxygen atoms in total. The lowest BCUT2D eigenvalue weighted by molar-refractivity contribution is 0.433. The Balaban J connectivity index is 1.75. The van der Waals surface area contributed by atoms with Crippen LogP contribution < -0.4 is 0 Å². The molecule has 0 unspecified atom stereocenters. The molecule has 4 rings (SSSR count). The van der Waals surface area contributed by atoms with Gasteiger partial charge in [0.1, 0.15) is 0 Å². The molecule has 2 aromatic carbocycles. The Hall–Kier alpha value is -2.34. The Labute approximate surface area is 157 Å². The van der Waals surface area contributed by atoms with Crippen molar-refractivity contribution in [2.45, 2.75) is 0 Å². The van der Waals surface area contributed by atoms with Crippen molar-refractivity contribution >= 4 is 34.5 Å². The number of hydrogen-bond donors (Lipinski definition) is 1. The number of thiazole rings is 1. The Morgan fingerprint density at radius 3 is 2.36 bits per heavy atom. The number of halogens is 2. The van der Waals surface area contributed by atoms with Crippen LogP contribution in [0.25, 0.3) is 27.6 Å². The molecule has 0 amide bonds. The third-order valence-electron chi connectivity index (χ3n) is 3.65. The number of benzene rings is 2. The summed E-state index contributed by atoms with van der Waals surface area (Å²) in [5, 5.41) is 18.1. The van der Waals surface area contributed by atoms with Crippen molar-refractivity contribution < 1.29 is 5.11 Å². The summed E-state index contributed by atoms with van der Waals surface area (Å²) in [6, 6.07) is 16.6. The molecule has 1 N–H and O–H groups in total. The van der Waals surface area contributed by atoms with E-state index in [-0.39, 0.29) is 5.88 Å². The van der Waals surface area contributed by atoms with E-state index in [4.69, 9.17) is 23.2 Å². The van der Waals surface area contributed by atoms with E-state index in [9.17, 15) is 5.11 Å². The van der Waals surface area contributed by atoms with Crippen molar-refractivity contribution in [3.05, 3.63) is 70.0 Å². The van der Waals surface area contributed by atoms with Gasteiger partial charge < -0.3 is 5.11 Å². The standard InChI is InChI=1S/C18H11Cl2N3OS/c19-12-7-4-8-13(20)17(12)15-10-25-18(21-15)23-16(24)9-14(22-23)11-5-2-1-3-6-11/h1-10,24H. The minimum Gasteiger partial charge on any atom is -0.493 e. The normalized spacial score (nSPS) is 11.0. The van der Waals surface area contributed by atoms with Crippen LogP contribution in [0, 0.1) is 0 Å². The van der Waals surface area contributed by atoms with Crippen molar-refractivity contribution in [2.75, 3.05) is 0 Å². The molecule has 0 bridgehead atoms. The Morgan fingerprint density at radius 2 is 1.64 bits per heavy atom. The summed E-state index contributed by atoms with van der Waals surface area (Å²) >= 11 is 13.8. The molecular weight excluding hydrogens is 377 g/mol. The summed E-state index contributed by atoms with van der Waals surface area (Å²) in [4.78, 5) is 4.53. The first-order valence-corrected chi connectivity index (χ1v) is 9.02. The Morgan fingerprint density at radius 1 is 0.920 bits per heavy atom. The van der Waals surface area contributed by atoms with Gasteiger partial charge >= 0.3 is 0 Å². The number of aromatic nitrogens is 3. The van der Waals surface area contributed by atoms with Crippen LogP contribution >= 0.6 is 34.5 Å². The van der Waals surface area contributed by atoms with E-state index in [1.54, 1.807) is 24.3 Å². The van der Waals surface area contributed by atoms with Crippen LogP contribution in [-0.4, -0.2) is 19.9 Å². The van der Waals surface area contributed by atoms with Crippen molar-refractivity contribution in [1.82, 2.24) is 14.8 Å². The van der Waals surface area contributed by atoms with Crippen molar-refractivity contribution in [3.8, 4) is 33.5 Å². The Bertz CT molecular complexity index is 1020. The van der Waals surface area contributed by atoms with E-state index < -0.39 is 0 Å². The molecule has 0 aliphatic rings. The summed E-state index contributed by atoms with van der Waals surface area (Å²) in [5.74, 6) is 0.0185. The summed E-state index contributed by atoms with van der Waals surface area (Å²) in [5.41, 5.74) is 2.91. The SMILES string of the molecule is Oc1cc(-c2ccccc2)nn1-c1nc(-c2c(Cl)cccc2Cl)cs1. The van der Waals surface area contributed by atoms with Gasteiger partial charge in [0.15, 0.2) is 0 Å². The quantitative estimate of drug-likeness (QED) is 0.492. The van der Waals surface area contributed by atoms with Crippen molar-refractivity contribution in [2.24, 2.45) is 0 Å². The average Bonchev–Trinajstić information content (AvgIpc) is 3.22. The lowest BCUT2D eigenvalue weighted by Gasteiger charge is -2.03. The zero-order valence-electron chi connectivity index (χ0n) is 12.7. The molecule has 2 aromatic heterocycles. The van der Waals surface area contributed by atoms with Gasteiger partial charge in [-0.15, -0.1) is 11.3 Å². The molecular formula is C18H11Cl2N3OS. The summed E-state index contributed by atoms with van der Waals surface area (Å²) in [6.45, 7) is 0. The smallest absolute Gasteiger partial charge is 0.216 e. The summed E-state index contributed by atoms with van der Waals surface area (Å²) in [7, 11) is 0. The molecule has 0 aliphatic heterocycles. The molecule has 25 heavy (non-hydrogen) atoms. The topological polar surface area (TPSA) is 50.9 Å². The highest BCUT2D eigenvalue weighted by molar-refractivity contribution is 7.12. The third kappa shape index (κ3) is 3.02. The van der Waals surface area contributed by atoms with E-state index >= 15 is 0 Å². The van der Waals surface area contributed by atoms with E-state index in [2.05, 4.69) is 10.1 Å². The van der Waals surface area contributed by atoms with Crippen LogP contribution in [0.1, 0.15) is 0 Å². The molecule has 0 saturated carbocycles. The van der Waals surface area contributed by atoms with Gasteiger partial charge in [0, 0.05) is 22.6 Å². The monoisotopic (exact) mass is 387 g/mol. The summed E-state index contributed by atoms with van der Waals surface area (Å²) in [6.07, 6.45) is 0. The summed E-state index contributed by atoms with van der Waals surface area (Å²) < 4.78 is 1.40. The minimum absolute atomic E-state index is 0.0185. The number of hydrogen-bond acceptors (Lipinski definition) is 4. The van der Waals surface area contributed by atoms with Crippen LogP contribution in [0.15, 0.2) is 60.0 Å². The first kappa shape index (κ1) is 16.1. The maximum Gasteiger partial charge on any atom is 0.216 e. The second-order valence-electron chi connectivity index (χ2n) is 5.28. The van der Waals surface area contributed by atoms with Gasteiger partial charge in [-0.25, -0.2) is 4.98 Å². The lowest BCUT2D eigenvalue weighted by Crippen LogP contribution is -1.95. The van der Waals surface area contributed by atoms with E-state index in [0.29, 0.717) is 32.1 Å². The van der Waals surface area contributed by atoms with Gasteiger partial charge in [-0.3, -0.25) is 0 Å². The minimum atomic E-state index is 0.0185. The van der Waals surface area contributed by atoms with E-state index in [1.807, 2.05) is 35.7 Å². The number of nitrogens with zero attached hydrogens (tertiary/aromatic N) is 3. The van der Waals surface area contributed by atoms with Crippen LogP contribution in [0.3, 0.4) is 0 Å². The molecule has 4 aromatic rings. The van der Waals surface area contributed by atoms with E-state index in [0.717, 1.165) is 5.56 Å². The van der Waals surface area contributed by atoms with Gasteiger partial charge in [0.05, 0.1) is 21.4 Å². The zero-order chi connectivity index (χ0) is 17.4. The van der Waals surface area contributed by atoms with Crippen LogP contribution in [0.4, 0.5) is 0 Å². The largest absolute Gasteiger partial charge is 0.493 e. The second kappa shape index (κ2) is 6.52. The molecule has 0 spiro atoms. The highest BCUT2D eigenvalue weighted by atomic mass is 35.5. The molecule has 124 valence electrons. The van der Waals surface area contributed by atoms with Crippen LogP contribution in [-0.2, 0) is 0 Å². The van der Waals surface area contributed by atoms with Crippen molar-refractivity contribution in [3.63, 3.8) is 0 Å². The van der Waals surface area contributed by atoms with Gasteiger partial charge in [0.25, 0.3) is 0 Å². The molecule has 0 atom stereocenters. The van der Waals surface area contributed by atoms with E-state index in [1.165, 1.54) is 16.0 Å². The lowest BCUT2D eigenvalue weighted by atomic mass is 10.2.